The number of likely N-dealkylation sites (tertiary alicyclic amines) is 1. The minimum absolute atomic E-state index is 0.136. The molecule has 2 aromatic carbocycles. The lowest BCUT2D eigenvalue weighted by Crippen LogP contribution is -2.41. The van der Waals surface area contributed by atoms with Crippen LogP contribution in [0.3, 0.4) is 0 Å². The molecule has 0 spiro atoms. The molecule has 0 bridgehead atoms. The molecule has 1 aliphatic rings. The van der Waals surface area contributed by atoms with Crippen molar-refractivity contribution in [2.24, 2.45) is 5.92 Å². The van der Waals surface area contributed by atoms with Crippen molar-refractivity contribution >= 4 is 33.2 Å². The van der Waals surface area contributed by atoms with Crippen LogP contribution in [-0.2, 0) is 14.8 Å². The van der Waals surface area contributed by atoms with E-state index in [1.54, 1.807) is 42.5 Å². The van der Waals surface area contributed by atoms with E-state index < -0.39 is 10.0 Å². The van der Waals surface area contributed by atoms with E-state index in [2.05, 4.69) is 17.1 Å². The zero-order chi connectivity index (χ0) is 22.3. The highest BCUT2D eigenvalue weighted by molar-refractivity contribution is 7.92. The molecule has 0 aromatic heterocycles. The summed E-state index contributed by atoms with van der Waals surface area (Å²) < 4.78 is 27.6. The average molecular weight is 464 g/mol. The third-order valence-electron chi connectivity index (χ3n) is 5.58. The van der Waals surface area contributed by atoms with E-state index in [4.69, 9.17) is 11.6 Å². The number of nitrogens with zero attached hydrogens (tertiary/aromatic N) is 2. The Labute approximate surface area is 190 Å². The second kappa shape index (κ2) is 11.0. The van der Waals surface area contributed by atoms with Crippen LogP contribution < -0.4 is 9.62 Å². The molecule has 0 aliphatic carbocycles. The van der Waals surface area contributed by atoms with Gasteiger partial charge in [-0.25, -0.2) is 8.42 Å². The van der Waals surface area contributed by atoms with E-state index in [-0.39, 0.29) is 17.3 Å². The number of benzene rings is 2. The molecule has 1 aliphatic heterocycles. The van der Waals surface area contributed by atoms with E-state index in [0.29, 0.717) is 17.3 Å². The Bertz CT molecular complexity index is 944. The number of halogens is 1. The Kier molecular flexibility index (Phi) is 8.35. The Hall–Kier alpha value is -2.09. The van der Waals surface area contributed by atoms with Gasteiger partial charge in [0.15, 0.2) is 0 Å². The molecule has 1 N–H and O–H groups in total. The number of amides is 1. The highest BCUT2D eigenvalue weighted by atomic mass is 35.5. The second-order valence-electron chi connectivity index (χ2n) is 8.03. The summed E-state index contributed by atoms with van der Waals surface area (Å²) in [5, 5.41) is 3.37. The SMILES string of the molecule is CC1CCN(CCCNC(=O)CN(c2ccc(Cl)cc2)S(=O)(=O)c2ccccc2)CC1. The van der Waals surface area contributed by atoms with Gasteiger partial charge in [0, 0.05) is 11.6 Å². The first-order chi connectivity index (χ1) is 14.9. The summed E-state index contributed by atoms with van der Waals surface area (Å²) in [7, 11) is -3.89. The summed E-state index contributed by atoms with van der Waals surface area (Å²) in [5.74, 6) is 0.461. The monoisotopic (exact) mass is 463 g/mol. The van der Waals surface area contributed by atoms with Gasteiger partial charge in [0.25, 0.3) is 10.0 Å². The fraction of sp³-hybridized carbons (Fsp3) is 0.435. The maximum Gasteiger partial charge on any atom is 0.264 e. The second-order valence-corrected chi connectivity index (χ2v) is 10.3. The predicted octanol–water partition coefficient (Wildman–Crippen LogP) is 3.77. The van der Waals surface area contributed by atoms with Crippen LogP contribution in [0.5, 0.6) is 0 Å². The lowest BCUT2D eigenvalue weighted by Gasteiger charge is -2.30. The lowest BCUT2D eigenvalue weighted by atomic mass is 9.99. The average Bonchev–Trinajstić information content (AvgIpc) is 2.77. The molecule has 0 radical (unpaired) electrons. The zero-order valence-corrected chi connectivity index (χ0v) is 19.4. The Morgan fingerprint density at radius 2 is 1.74 bits per heavy atom. The first-order valence-electron chi connectivity index (χ1n) is 10.7. The maximum absolute atomic E-state index is 13.2. The molecule has 6 nitrogen and oxygen atoms in total. The fourth-order valence-corrected chi connectivity index (χ4v) is 5.21. The van der Waals surface area contributed by atoms with Crippen LogP contribution in [0, 0.1) is 5.92 Å². The maximum atomic E-state index is 13.2. The topological polar surface area (TPSA) is 69.7 Å². The van der Waals surface area contributed by atoms with Gasteiger partial charge in [0.2, 0.25) is 5.91 Å². The van der Waals surface area contributed by atoms with Gasteiger partial charge >= 0.3 is 0 Å². The van der Waals surface area contributed by atoms with Gasteiger partial charge in [-0.1, -0.05) is 36.7 Å². The van der Waals surface area contributed by atoms with Gasteiger partial charge in [-0.15, -0.1) is 0 Å². The zero-order valence-electron chi connectivity index (χ0n) is 17.8. The van der Waals surface area contributed by atoms with Crippen molar-refractivity contribution in [1.29, 1.82) is 0 Å². The van der Waals surface area contributed by atoms with E-state index >= 15 is 0 Å². The van der Waals surface area contributed by atoms with Gasteiger partial charge in [0.1, 0.15) is 6.54 Å². The summed E-state index contributed by atoms with van der Waals surface area (Å²) in [5.41, 5.74) is 0.394. The van der Waals surface area contributed by atoms with Crippen LogP contribution in [-0.4, -0.2) is 51.9 Å². The molecule has 1 saturated heterocycles. The Morgan fingerprint density at radius 3 is 2.39 bits per heavy atom. The molecule has 3 rings (SSSR count). The number of carbonyl (C=O) groups is 1. The first-order valence-corrected chi connectivity index (χ1v) is 12.5. The van der Waals surface area contributed by atoms with Crippen molar-refractivity contribution in [3.05, 3.63) is 59.6 Å². The van der Waals surface area contributed by atoms with Crippen molar-refractivity contribution in [2.75, 3.05) is 37.0 Å². The predicted molar refractivity (Wildman–Crippen MR) is 125 cm³/mol. The summed E-state index contributed by atoms with van der Waals surface area (Å²) in [6, 6.07) is 14.6. The molecule has 1 amide bonds. The number of carbonyl (C=O) groups excluding carboxylic acids is 1. The number of anilines is 1. The van der Waals surface area contributed by atoms with Crippen LogP contribution in [0.4, 0.5) is 5.69 Å². The van der Waals surface area contributed by atoms with Crippen molar-refractivity contribution in [1.82, 2.24) is 10.2 Å². The quantitative estimate of drug-likeness (QED) is 0.574. The molecular weight excluding hydrogens is 434 g/mol. The van der Waals surface area contributed by atoms with Crippen LogP contribution >= 0.6 is 11.6 Å². The molecule has 0 saturated carbocycles. The molecular formula is C23H30ClN3O3S. The fourth-order valence-electron chi connectivity index (χ4n) is 3.64. The van der Waals surface area contributed by atoms with E-state index in [1.165, 1.54) is 25.0 Å². The molecule has 1 heterocycles. The minimum Gasteiger partial charge on any atom is -0.354 e. The largest absolute Gasteiger partial charge is 0.354 e. The number of nitrogens with one attached hydrogen (secondary N) is 1. The summed E-state index contributed by atoms with van der Waals surface area (Å²) in [6.07, 6.45) is 3.28. The highest BCUT2D eigenvalue weighted by Crippen LogP contribution is 2.25. The summed E-state index contributed by atoms with van der Waals surface area (Å²) >= 11 is 5.96. The standard InChI is InChI=1S/C23H30ClN3O3S/c1-19-12-16-26(17-13-19)15-5-14-25-23(28)18-27(21-10-8-20(24)9-11-21)31(29,30)22-6-3-2-4-7-22/h2-4,6-11,19H,5,12-18H2,1H3,(H,25,28). The molecule has 31 heavy (non-hydrogen) atoms. The van der Waals surface area contributed by atoms with Gasteiger partial charge in [-0.3, -0.25) is 9.10 Å². The van der Waals surface area contributed by atoms with Gasteiger partial charge in [0.05, 0.1) is 10.6 Å². The summed E-state index contributed by atoms with van der Waals surface area (Å²) in [4.78, 5) is 15.2. The van der Waals surface area contributed by atoms with E-state index in [1.807, 2.05) is 0 Å². The third-order valence-corrected chi connectivity index (χ3v) is 7.62. The highest BCUT2D eigenvalue weighted by Gasteiger charge is 2.27. The molecule has 8 heteroatoms. The van der Waals surface area contributed by atoms with E-state index in [0.717, 1.165) is 36.3 Å². The minimum atomic E-state index is -3.89. The summed E-state index contributed by atoms with van der Waals surface area (Å²) in [6.45, 7) is 5.66. The number of hydrogen-bond acceptors (Lipinski definition) is 4. The smallest absolute Gasteiger partial charge is 0.264 e. The van der Waals surface area contributed by atoms with Crippen LogP contribution in [0.15, 0.2) is 59.5 Å². The van der Waals surface area contributed by atoms with Crippen molar-refractivity contribution < 1.29 is 13.2 Å². The molecule has 1 fully saturated rings. The molecule has 0 unspecified atom stereocenters. The third kappa shape index (κ3) is 6.69. The normalized spacial score (nSPS) is 15.5. The first kappa shape index (κ1) is 23.6. The van der Waals surface area contributed by atoms with Crippen molar-refractivity contribution in [2.45, 2.75) is 31.1 Å². The lowest BCUT2D eigenvalue weighted by molar-refractivity contribution is -0.119. The number of piperidine rings is 1. The van der Waals surface area contributed by atoms with Crippen LogP contribution in [0.2, 0.25) is 5.02 Å². The molecule has 2 aromatic rings. The Morgan fingerprint density at radius 1 is 1.10 bits per heavy atom. The Balaban J connectivity index is 1.62. The van der Waals surface area contributed by atoms with Crippen molar-refractivity contribution in [3.63, 3.8) is 0 Å². The van der Waals surface area contributed by atoms with Crippen molar-refractivity contribution in [3.8, 4) is 0 Å². The number of rotatable bonds is 9. The van der Waals surface area contributed by atoms with Gasteiger partial charge in [-0.2, -0.15) is 0 Å². The van der Waals surface area contributed by atoms with Crippen LogP contribution in [0.25, 0.3) is 0 Å². The molecule has 0 atom stereocenters. The van der Waals surface area contributed by atoms with Gasteiger partial charge in [-0.05, 0) is 81.2 Å². The number of hydrogen-bond donors (Lipinski definition) is 1. The number of sulfonamides is 1. The van der Waals surface area contributed by atoms with E-state index in [9.17, 15) is 13.2 Å². The van der Waals surface area contributed by atoms with Gasteiger partial charge < -0.3 is 10.2 Å². The molecule has 168 valence electrons. The van der Waals surface area contributed by atoms with Crippen LogP contribution in [0.1, 0.15) is 26.2 Å².